The fourth-order valence-electron chi connectivity index (χ4n) is 11.3. The number of fused-ring (bicyclic) bond motifs is 1. The second-order valence-electron chi connectivity index (χ2n) is 19.8. The molecule has 2 N–H and O–H groups in total. The van der Waals surface area contributed by atoms with Crippen LogP contribution in [0.3, 0.4) is 0 Å². The van der Waals surface area contributed by atoms with Crippen LogP contribution < -0.4 is 21.2 Å². The van der Waals surface area contributed by atoms with Crippen LogP contribution in [0.5, 0.6) is 0 Å². The molecule has 2 aromatic carbocycles. The lowest BCUT2D eigenvalue weighted by molar-refractivity contribution is -0.139. The van der Waals surface area contributed by atoms with Crippen LogP contribution in [-0.2, 0) is 37.4 Å². The van der Waals surface area contributed by atoms with Gasteiger partial charge in [0.15, 0.2) is 15.7 Å². The number of imide groups is 1. The van der Waals surface area contributed by atoms with Crippen molar-refractivity contribution < 1.29 is 40.3 Å². The molecule has 5 fully saturated rings. The summed E-state index contributed by atoms with van der Waals surface area (Å²) in [7, 11) is -0.508. The van der Waals surface area contributed by atoms with E-state index < -0.39 is 56.2 Å². The normalized spacial score (nSPS) is 24.8. The fraction of sp³-hybridized carbons (Fsp3) is 0.596. The molecule has 2 aliphatic carbocycles. The first-order valence-corrected chi connectivity index (χ1v) is 24.6. The molecule has 2 saturated carbocycles. The predicted octanol–water partition coefficient (Wildman–Crippen LogP) is 7.32. The molecule has 4 aromatic rings. The van der Waals surface area contributed by atoms with E-state index in [1.165, 1.54) is 16.2 Å². The number of hydrogen-bond donors (Lipinski definition) is 2. The van der Waals surface area contributed by atoms with Crippen LogP contribution >= 0.6 is 0 Å². The number of carbonyl (C=O) groups is 2. The van der Waals surface area contributed by atoms with E-state index in [4.69, 9.17) is 4.74 Å². The van der Waals surface area contributed by atoms with Crippen molar-refractivity contribution in [3.63, 3.8) is 0 Å². The van der Waals surface area contributed by atoms with Crippen LogP contribution in [0, 0.1) is 24.1 Å². The summed E-state index contributed by atoms with van der Waals surface area (Å²) in [4.78, 5) is 50.7. The molecule has 0 bridgehead atoms. The van der Waals surface area contributed by atoms with Gasteiger partial charge in [-0.2, -0.15) is 13.2 Å². The summed E-state index contributed by atoms with van der Waals surface area (Å²) < 4.78 is 94.3. The van der Waals surface area contributed by atoms with Gasteiger partial charge in [-0.25, -0.2) is 27.6 Å². The Balaban J connectivity index is 0.769. The summed E-state index contributed by atoms with van der Waals surface area (Å²) in [5.41, 5.74) is 0.215. The van der Waals surface area contributed by atoms with Gasteiger partial charge in [0, 0.05) is 58.0 Å². The van der Waals surface area contributed by atoms with Gasteiger partial charge in [0.2, 0.25) is 17.8 Å². The minimum Gasteiger partial charge on any atom is -0.379 e. The van der Waals surface area contributed by atoms with Crippen LogP contribution in [0.1, 0.15) is 113 Å². The zero-order valence-electron chi connectivity index (χ0n) is 37.8. The number of piperidine rings is 3. The molecule has 0 radical (unpaired) electrons. The smallest absolute Gasteiger partial charge is 0.379 e. The van der Waals surface area contributed by atoms with Gasteiger partial charge in [-0.3, -0.25) is 24.0 Å². The molecule has 66 heavy (non-hydrogen) atoms. The number of methoxy groups -OCH3 is 1. The van der Waals surface area contributed by atoms with Crippen LogP contribution in [0.4, 0.5) is 34.9 Å². The highest BCUT2D eigenvalue weighted by atomic mass is 32.2. The number of amides is 2. The number of rotatable bonds is 10. The third kappa shape index (κ3) is 8.63. The SMILES string of the molecule is COC1(C)CCC(c2nc(Nc3ccc(S(=O)(=O)C4CC5(CCN(CC6CCN(c7ccc8c(c7F)n(C)c(=O)n8C7CCC(=O)NC7=O)CC6)CC5)C4)cc3C)ncc2C(F)(F)F)CC1. The molecule has 9 rings (SSSR count). The molecule has 2 aromatic heterocycles. The number of ether oxygens (including phenoxy) is 1. The summed E-state index contributed by atoms with van der Waals surface area (Å²) >= 11 is 0. The highest BCUT2D eigenvalue weighted by Crippen LogP contribution is 2.53. The van der Waals surface area contributed by atoms with Crippen LogP contribution in [-0.4, -0.2) is 94.9 Å². The van der Waals surface area contributed by atoms with E-state index in [0.29, 0.717) is 80.0 Å². The van der Waals surface area contributed by atoms with Gasteiger partial charge in [-0.15, -0.1) is 0 Å². The number of alkyl halides is 3. The predicted molar refractivity (Wildman–Crippen MR) is 240 cm³/mol. The van der Waals surface area contributed by atoms with Crippen molar-refractivity contribution in [2.45, 2.75) is 125 Å². The lowest BCUT2D eigenvalue weighted by Gasteiger charge is -2.52. The molecule has 1 unspecified atom stereocenters. The maximum Gasteiger partial charge on any atom is 0.419 e. The molecule has 5 heterocycles. The lowest BCUT2D eigenvalue weighted by atomic mass is 9.63. The minimum atomic E-state index is -4.60. The second kappa shape index (κ2) is 17.3. The van der Waals surface area contributed by atoms with E-state index in [1.54, 1.807) is 44.4 Å². The summed E-state index contributed by atoms with van der Waals surface area (Å²) in [5.74, 6) is -1.41. The topological polar surface area (TPSA) is 161 Å². The van der Waals surface area contributed by atoms with Crippen molar-refractivity contribution in [3.05, 3.63) is 69.7 Å². The van der Waals surface area contributed by atoms with Gasteiger partial charge in [-0.1, -0.05) is 0 Å². The van der Waals surface area contributed by atoms with E-state index in [-0.39, 0.29) is 51.8 Å². The number of aryl methyl sites for hydroxylation is 2. The number of sulfone groups is 1. The van der Waals surface area contributed by atoms with Crippen molar-refractivity contribution in [3.8, 4) is 0 Å². The number of aromatic nitrogens is 4. The Morgan fingerprint density at radius 1 is 0.955 bits per heavy atom. The first kappa shape index (κ1) is 46.2. The third-order valence-corrected chi connectivity index (χ3v) is 17.8. The number of likely N-dealkylation sites (tertiary alicyclic amines) is 1. The Morgan fingerprint density at radius 2 is 1.65 bits per heavy atom. The molecule has 19 heteroatoms. The third-order valence-electron chi connectivity index (χ3n) is 15.7. The highest BCUT2D eigenvalue weighted by Gasteiger charge is 2.51. The van der Waals surface area contributed by atoms with E-state index in [2.05, 4.69) is 25.5 Å². The Labute approximate surface area is 381 Å². The van der Waals surface area contributed by atoms with E-state index in [1.807, 2.05) is 11.8 Å². The number of imidazole rings is 1. The summed E-state index contributed by atoms with van der Waals surface area (Å²) in [5, 5.41) is 4.85. The van der Waals surface area contributed by atoms with Crippen LogP contribution in [0.15, 0.2) is 46.2 Å². The van der Waals surface area contributed by atoms with Gasteiger partial charge in [0.05, 0.1) is 38.2 Å². The van der Waals surface area contributed by atoms with E-state index in [0.717, 1.165) is 51.5 Å². The molecule has 2 amide bonds. The van der Waals surface area contributed by atoms with Crippen molar-refractivity contribution in [2.24, 2.45) is 18.4 Å². The second-order valence-corrected chi connectivity index (χ2v) is 22.0. The summed E-state index contributed by atoms with van der Waals surface area (Å²) in [6.45, 7) is 7.73. The maximum absolute atomic E-state index is 16.2. The quantitative estimate of drug-likeness (QED) is 0.121. The molecule has 5 aliphatic rings. The Hall–Kier alpha value is -4.88. The number of hydrogen-bond acceptors (Lipinski definition) is 11. The molecule has 1 atom stereocenters. The highest BCUT2D eigenvalue weighted by molar-refractivity contribution is 7.92. The van der Waals surface area contributed by atoms with Crippen LogP contribution in [0.25, 0.3) is 11.0 Å². The van der Waals surface area contributed by atoms with Crippen molar-refractivity contribution in [2.75, 3.05) is 50.1 Å². The maximum atomic E-state index is 16.2. The average molecular weight is 939 g/mol. The Bertz CT molecular complexity index is 2710. The summed E-state index contributed by atoms with van der Waals surface area (Å²) in [6.07, 6.45) is 3.52. The number of benzene rings is 2. The van der Waals surface area contributed by atoms with Crippen LogP contribution in [0.2, 0.25) is 0 Å². The number of carbonyl (C=O) groups excluding carboxylic acids is 2. The first-order chi connectivity index (χ1) is 31.3. The zero-order valence-corrected chi connectivity index (χ0v) is 38.7. The largest absolute Gasteiger partial charge is 0.419 e. The monoisotopic (exact) mass is 938 g/mol. The number of nitrogens with one attached hydrogen (secondary N) is 2. The van der Waals surface area contributed by atoms with Gasteiger partial charge < -0.3 is 19.9 Å². The molecular weight excluding hydrogens is 881 g/mol. The minimum absolute atomic E-state index is 0.0142. The van der Waals surface area contributed by atoms with Gasteiger partial charge in [-0.05, 0) is 145 Å². The lowest BCUT2D eigenvalue weighted by Crippen LogP contribution is -2.52. The van der Waals surface area contributed by atoms with E-state index in [9.17, 15) is 36.0 Å². The molecule has 3 saturated heterocycles. The fourth-order valence-corrected chi connectivity index (χ4v) is 13.4. The average Bonchev–Trinajstić information content (AvgIpc) is 3.53. The number of nitrogens with zero attached hydrogens (tertiary/aromatic N) is 6. The summed E-state index contributed by atoms with van der Waals surface area (Å²) in [6, 6.07) is 7.28. The van der Waals surface area contributed by atoms with Crippen molar-refractivity contribution in [1.82, 2.24) is 29.3 Å². The van der Waals surface area contributed by atoms with E-state index >= 15 is 4.39 Å². The molecule has 14 nitrogen and oxygen atoms in total. The molecular formula is C47H58F4N8O6S. The Morgan fingerprint density at radius 3 is 2.29 bits per heavy atom. The first-order valence-electron chi connectivity index (χ1n) is 23.1. The van der Waals surface area contributed by atoms with Gasteiger partial charge in [0.25, 0.3) is 0 Å². The molecule has 1 spiro atoms. The molecule has 3 aliphatic heterocycles. The zero-order chi connectivity index (χ0) is 46.9. The van der Waals surface area contributed by atoms with Crippen molar-refractivity contribution in [1.29, 1.82) is 0 Å². The van der Waals surface area contributed by atoms with Gasteiger partial charge in [0.1, 0.15) is 11.6 Å². The Kier molecular flexibility index (Phi) is 12.1. The number of anilines is 3. The van der Waals surface area contributed by atoms with Gasteiger partial charge >= 0.3 is 11.9 Å². The molecule has 356 valence electrons. The number of halogens is 4. The standard InChI is InChI=1S/C47H58F4N8O6S/c1-28-23-31(5-6-34(28)53-43-52-26-33(47(49,50)51)40(55-43)30-11-15-45(2,65-4)16-12-30)66(63,64)32-24-46(25-32)17-21-57(22-18-46)27-29-13-19-58(20-14-29)35-7-8-36-41(39(35)48)56(3)44(62)59(36)37-9-10-38(60)54-42(37)61/h5-8,23,26,29-30,32,37H,9-22,24-25,27H2,1-4H3,(H,52,53,55)(H,54,60,61). The van der Waals surface area contributed by atoms with Crippen molar-refractivity contribution >= 4 is 50.0 Å².